The van der Waals surface area contributed by atoms with E-state index in [1.54, 1.807) is 0 Å². The van der Waals surface area contributed by atoms with Gasteiger partial charge in [0.1, 0.15) is 5.75 Å². The van der Waals surface area contributed by atoms with Gasteiger partial charge < -0.3 is 9.64 Å². The average molecular weight is 567 g/mol. The van der Waals surface area contributed by atoms with Gasteiger partial charge in [0.15, 0.2) is 0 Å². The Balaban J connectivity index is 1.09. The molecule has 0 aromatic heterocycles. The number of halogens is 2. The van der Waals surface area contributed by atoms with Crippen molar-refractivity contribution in [3.63, 3.8) is 0 Å². The lowest BCUT2D eigenvalue weighted by Gasteiger charge is -2.36. The van der Waals surface area contributed by atoms with Crippen LogP contribution in [0.2, 0.25) is 10.0 Å². The first-order valence-electron chi connectivity index (χ1n) is 13.6. The highest BCUT2D eigenvalue weighted by atomic mass is 35.5. The molecule has 39 heavy (non-hydrogen) atoms. The number of fused-ring (bicyclic) bond motifs is 1. The lowest BCUT2D eigenvalue weighted by Crippen LogP contribution is -2.46. The second kappa shape index (κ2) is 12.9. The molecule has 5 rings (SSSR count). The molecule has 0 atom stereocenters. The summed E-state index contributed by atoms with van der Waals surface area (Å²) in [5.41, 5.74) is 3.55. The van der Waals surface area contributed by atoms with E-state index >= 15 is 0 Å². The lowest BCUT2D eigenvalue weighted by atomic mass is 10.00. The molecule has 8 heteroatoms. The van der Waals surface area contributed by atoms with Crippen molar-refractivity contribution in [2.75, 3.05) is 49.1 Å². The summed E-state index contributed by atoms with van der Waals surface area (Å²) in [7, 11) is 0. The predicted molar refractivity (Wildman–Crippen MR) is 157 cm³/mol. The molecule has 204 valence electrons. The molecule has 1 saturated heterocycles. The van der Waals surface area contributed by atoms with Gasteiger partial charge >= 0.3 is 0 Å². The maximum atomic E-state index is 13.1. The van der Waals surface area contributed by atoms with Gasteiger partial charge in [0.25, 0.3) is 0 Å². The van der Waals surface area contributed by atoms with Crippen LogP contribution in [-0.2, 0) is 22.4 Å². The third-order valence-corrected chi connectivity index (χ3v) is 8.19. The number of carbonyl (C=O) groups excluding carboxylic acids is 2. The normalized spacial score (nSPS) is 15.8. The highest BCUT2D eigenvalue weighted by Gasteiger charge is 2.30. The second-order valence-electron chi connectivity index (χ2n) is 10.0. The molecule has 3 aromatic carbocycles. The molecule has 0 N–H and O–H groups in total. The predicted octanol–water partition coefficient (Wildman–Crippen LogP) is 6.02. The van der Waals surface area contributed by atoms with Crippen LogP contribution in [0.4, 0.5) is 11.4 Å². The van der Waals surface area contributed by atoms with Crippen LogP contribution in [0, 0.1) is 0 Å². The van der Waals surface area contributed by atoms with Gasteiger partial charge in [0.2, 0.25) is 11.8 Å². The van der Waals surface area contributed by atoms with Gasteiger partial charge in [-0.15, -0.1) is 0 Å². The number of carbonyl (C=O) groups is 2. The number of nitrogens with zero attached hydrogens (tertiary/aromatic N) is 3. The summed E-state index contributed by atoms with van der Waals surface area (Å²) < 4.78 is 6.04. The Labute approximate surface area is 240 Å². The molecular formula is C31H33Cl2N3O3. The number of amides is 2. The van der Waals surface area contributed by atoms with Crippen molar-refractivity contribution in [1.82, 2.24) is 4.90 Å². The van der Waals surface area contributed by atoms with Crippen molar-refractivity contribution in [3.05, 3.63) is 87.9 Å². The Morgan fingerprint density at radius 1 is 0.846 bits per heavy atom. The molecule has 0 spiro atoms. The zero-order valence-corrected chi connectivity index (χ0v) is 23.5. The summed E-state index contributed by atoms with van der Waals surface area (Å²) in [6.07, 6.45) is 3.13. The fourth-order valence-corrected chi connectivity index (χ4v) is 5.66. The number of unbranched alkanes of at least 4 members (excludes halogenated alkanes) is 1. The summed E-state index contributed by atoms with van der Waals surface area (Å²) in [5.74, 6) is 0.327. The van der Waals surface area contributed by atoms with Crippen molar-refractivity contribution in [2.24, 2.45) is 0 Å². The molecule has 2 aliphatic rings. The molecule has 6 nitrogen and oxygen atoms in total. The molecule has 0 saturated carbocycles. The number of piperazine rings is 1. The van der Waals surface area contributed by atoms with Crippen molar-refractivity contribution in [2.45, 2.75) is 32.1 Å². The average Bonchev–Trinajstić information content (AvgIpc) is 2.95. The van der Waals surface area contributed by atoms with E-state index in [-0.39, 0.29) is 18.2 Å². The maximum Gasteiger partial charge on any atom is 0.238 e. The van der Waals surface area contributed by atoms with Gasteiger partial charge in [0.05, 0.1) is 34.4 Å². The van der Waals surface area contributed by atoms with Crippen LogP contribution in [-0.4, -0.2) is 56.0 Å². The second-order valence-corrected chi connectivity index (χ2v) is 10.8. The topological polar surface area (TPSA) is 53.1 Å². The number of hydrogen-bond acceptors (Lipinski definition) is 5. The standard InChI is InChI=1S/C31H33Cl2N3O3/c32-26-9-6-10-27(31(26)33)35-18-16-34(17-19-35)15-4-5-20-39-25-13-11-24-12-14-29(37)36(28(24)22-25)30(38)21-23-7-2-1-3-8-23/h1-3,6-11,13,22H,4-5,12,14-21H2. The van der Waals surface area contributed by atoms with E-state index in [0.29, 0.717) is 40.9 Å². The number of rotatable bonds is 9. The van der Waals surface area contributed by atoms with Crippen LogP contribution < -0.4 is 14.5 Å². The van der Waals surface area contributed by atoms with Gasteiger partial charge in [-0.2, -0.15) is 0 Å². The Morgan fingerprint density at radius 2 is 1.64 bits per heavy atom. The number of hydrogen-bond donors (Lipinski definition) is 0. The number of anilines is 2. The third-order valence-electron chi connectivity index (χ3n) is 7.38. The summed E-state index contributed by atoms with van der Waals surface area (Å²) in [5, 5.41) is 1.22. The van der Waals surface area contributed by atoms with Crippen LogP contribution in [0.25, 0.3) is 0 Å². The summed E-state index contributed by atoms with van der Waals surface area (Å²) in [4.78, 5) is 31.9. The van der Waals surface area contributed by atoms with Crippen molar-refractivity contribution in [3.8, 4) is 5.75 Å². The molecule has 2 amide bonds. The molecule has 0 aliphatic carbocycles. The van der Waals surface area contributed by atoms with Crippen LogP contribution in [0.15, 0.2) is 66.7 Å². The van der Waals surface area contributed by atoms with Gasteiger partial charge in [-0.25, -0.2) is 4.90 Å². The van der Waals surface area contributed by atoms with Crippen LogP contribution in [0.1, 0.15) is 30.4 Å². The van der Waals surface area contributed by atoms with E-state index in [0.717, 1.165) is 62.4 Å². The molecule has 0 radical (unpaired) electrons. The Bertz CT molecular complexity index is 1310. The van der Waals surface area contributed by atoms with Crippen LogP contribution >= 0.6 is 23.2 Å². The minimum atomic E-state index is -0.206. The Kier molecular flexibility index (Phi) is 9.07. The van der Waals surface area contributed by atoms with Crippen molar-refractivity contribution in [1.29, 1.82) is 0 Å². The molecular weight excluding hydrogens is 533 g/mol. The first kappa shape index (κ1) is 27.5. The smallest absolute Gasteiger partial charge is 0.238 e. The maximum absolute atomic E-state index is 13.1. The number of imide groups is 1. The highest BCUT2D eigenvalue weighted by molar-refractivity contribution is 6.43. The van der Waals surface area contributed by atoms with E-state index in [4.69, 9.17) is 27.9 Å². The van der Waals surface area contributed by atoms with Gasteiger partial charge in [-0.3, -0.25) is 14.5 Å². The molecule has 2 aliphatic heterocycles. The van der Waals surface area contributed by atoms with Crippen molar-refractivity contribution < 1.29 is 14.3 Å². The van der Waals surface area contributed by atoms with Gasteiger partial charge in [0, 0.05) is 38.7 Å². The van der Waals surface area contributed by atoms with Gasteiger partial charge in [-0.05, 0) is 55.1 Å². The third kappa shape index (κ3) is 6.75. The Morgan fingerprint density at radius 3 is 2.44 bits per heavy atom. The summed E-state index contributed by atoms with van der Waals surface area (Å²) in [6.45, 7) is 5.41. The monoisotopic (exact) mass is 565 g/mol. The Hall–Kier alpha value is -3.06. The zero-order chi connectivity index (χ0) is 27.2. The number of ether oxygens (including phenoxy) is 1. The largest absolute Gasteiger partial charge is 0.494 e. The fourth-order valence-electron chi connectivity index (χ4n) is 5.24. The van der Waals surface area contributed by atoms with E-state index in [9.17, 15) is 9.59 Å². The fraction of sp³-hybridized carbons (Fsp3) is 0.355. The summed E-state index contributed by atoms with van der Waals surface area (Å²) in [6, 6.07) is 21.1. The molecule has 0 bridgehead atoms. The number of benzene rings is 3. The lowest BCUT2D eigenvalue weighted by molar-refractivity contribution is -0.126. The molecule has 3 aromatic rings. The quantitative estimate of drug-likeness (QED) is 0.297. The molecule has 0 unspecified atom stereocenters. The van der Waals surface area contributed by atoms with Crippen molar-refractivity contribution >= 4 is 46.4 Å². The minimum absolute atomic E-state index is 0.154. The van der Waals surface area contributed by atoms with Crippen LogP contribution in [0.5, 0.6) is 5.75 Å². The van der Waals surface area contributed by atoms with E-state index in [2.05, 4.69) is 9.80 Å². The highest BCUT2D eigenvalue weighted by Crippen LogP contribution is 2.34. The molecule has 2 heterocycles. The molecule has 1 fully saturated rings. The van der Waals surface area contributed by atoms with E-state index < -0.39 is 0 Å². The van der Waals surface area contributed by atoms with E-state index in [1.807, 2.05) is 66.7 Å². The number of aryl methyl sites for hydroxylation is 1. The first-order chi connectivity index (χ1) is 19.0. The SMILES string of the molecule is O=C1CCc2ccc(OCCCCN3CCN(c4cccc(Cl)c4Cl)CC3)cc2N1C(=O)Cc1ccccc1. The summed E-state index contributed by atoms with van der Waals surface area (Å²) >= 11 is 12.6. The van der Waals surface area contributed by atoms with Gasteiger partial charge in [-0.1, -0.05) is 65.7 Å². The minimum Gasteiger partial charge on any atom is -0.494 e. The zero-order valence-electron chi connectivity index (χ0n) is 22.0. The van der Waals surface area contributed by atoms with Crippen LogP contribution in [0.3, 0.4) is 0 Å². The van der Waals surface area contributed by atoms with E-state index in [1.165, 1.54) is 4.90 Å². The first-order valence-corrected chi connectivity index (χ1v) is 14.3.